The minimum Gasteiger partial charge on any atom is -0.497 e. The molecule has 7 nitrogen and oxygen atoms in total. The lowest BCUT2D eigenvalue weighted by Crippen LogP contribution is -2.47. The number of rotatable bonds is 7. The molecule has 1 saturated heterocycles. The summed E-state index contributed by atoms with van der Waals surface area (Å²) in [5.74, 6) is 1.47. The molecule has 2 aromatic carbocycles. The van der Waals surface area contributed by atoms with Crippen LogP contribution < -0.4 is 19.7 Å². The zero-order chi connectivity index (χ0) is 19.8. The van der Waals surface area contributed by atoms with E-state index in [0.717, 1.165) is 31.9 Å². The Hall–Kier alpha value is -2.93. The SMILES string of the molecule is COc1cccc(N2CCN(CCOC(=O)Nc3ccccc3OC)CC2)c1. The van der Waals surface area contributed by atoms with Crippen molar-refractivity contribution in [2.75, 3.05) is 63.8 Å². The summed E-state index contributed by atoms with van der Waals surface area (Å²) in [6.07, 6.45) is -0.473. The van der Waals surface area contributed by atoms with Crippen molar-refractivity contribution < 1.29 is 19.0 Å². The number of hydrogen-bond acceptors (Lipinski definition) is 6. The lowest BCUT2D eigenvalue weighted by atomic mass is 10.2. The van der Waals surface area contributed by atoms with E-state index in [2.05, 4.69) is 27.2 Å². The van der Waals surface area contributed by atoms with Crippen molar-refractivity contribution in [3.8, 4) is 11.5 Å². The first-order chi connectivity index (χ1) is 13.7. The highest BCUT2D eigenvalue weighted by Gasteiger charge is 2.18. The first-order valence-electron chi connectivity index (χ1n) is 9.38. The second-order valence-corrected chi connectivity index (χ2v) is 6.49. The second kappa shape index (κ2) is 9.85. The molecule has 28 heavy (non-hydrogen) atoms. The summed E-state index contributed by atoms with van der Waals surface area (Å²) in [6, 6.07) is 15.4. The van der Waals surface area contributed by atoms with Crippen molar-refractivity contribution in [1.82, 2.24) is 4.90 Å². The number of para-hydroxylation sites is 2. The Morgan fingerprint density at radius 1 is 1.00 bits per heavy atom. The Balaban J connectivity index is 1.39. The topological polar surface area (TPSA) is 63.3 Å². The summed E-state index contributed by atoms with van der Waals surface area (Å²) in [6.45, 7) is 4.77. The average Bonchev–Trinajstić information content (AvgIpc) is 2.74. The molecule has 2 aromatic rings. The van der Waals surface area contributed by atoms with Crippen LogP contribution in [0.25, 0.3) is 0 Å². The zero-order valence-electron chi connectivity index (χ0n) is 16.4. The van der Waals surface area contributed by atoms with Gasteiger partial charge in [-0.25, -0.2) is 4.79 Å². The molecule has 0 bridgehead atoms. The van der Waals surface area contributed by atoms with E-state index in [0.29, 0.717) is 24.6 Å². The van der Waals surface area contributed by atoms with Gasteiger partial charge in [0.25, 0.3) is 0 Å². The van der Waals surface area contributed by atoms with E-state index in [4.69, 9.17) is 14.2 Å². The fourth-order valence-corrected chi connectivity index (χ4v) is 3.20. The molecule has 1 heterocycles. The zero-order valence-corrected chi connectivity index (χ0v) is 16.4. The van der Waals surface area contributed by atoms with E-state index in [9.17, 15) is 4.79 Å². The van der Waals surface area contributed by atoms with E-state index in [-0.39, 0.29) is 0 Å². The van der Waals surface area contributed by atoms with Crippen LogP contribution in [0.5, 0.6) is 11.5 Å². The molecule has 0 aliphatic carbocycles. The van der Waals surface area contributed by atoms with Crippen LogP contribution in [0.4, 0.5) is 16.2 Å². The van der Waals surface area contributed by atoms with Gasteiger partial charge >= 0.3 is 6.09 Å². The van der Waals surface area contributed by atoms with E-state index in [1.807, 2.05) is 24.3 Å². The number of ether oxygens (including phenoxy) is 3. The molecule has 7 heteroatoms. The first-order valence-corrected chi connectivity index (χ1v) is 9.38. The molecule has 1 amide bonds. The first kappa shape index (κ1) is 19.8. The van der Waals surface area contributed by atoms with Crippen molar-refractivity contribution >= 4 is 17.5 Å². The molecule has 1 fully saturated rings. The lowest BCUT2D eigenvalue weighted by Gasteiger charge is -2.36. The fourth-order valence-electron chi connectivity index (χ4n) is 3.20. The van der Waals surface area contributed by atoms with Crippen molar-refractivity contribution in [2.45, 2.75) is 0 Å². The Morgan fingerprint density at radius 3 is 2.54 bits per heavy atom. The Labute approximate surface area is 165 Å². The summed E-state index contributed by atoms with van der Waals surface area (Å²) in [4.78, 5) is 16.6. The summed E-state index contributed by atoms with van der Waals surface area (Å²) >= 11 is 0. The summed E-state index contributed by atoms with van der Waals surface area (Å²) < 4.78 is 15.8. The van der Waals surface area contributed by atoms with Gasteiger partial charge in [-0.05, 0) is 24.3 Å². The molecule has 0 unspecified atom stereocenters. The van der Waals surface area contributed by atoms with Crippen LogP contribution in [0, 0.1) is 0 Å². The van der Waals surface area contributed by atoms with Gasteiger partial charge in [-0.15, -0.1) is 0 Å². The molecule has 0 spiro atoms. The lowest BCUT2D eigenvalue weighted by molar-refractivity contribution is 0.137. The van der Waals surface area contributed by atoms with Gasteiger partial charge in [0, 0.05) is 44.5 Å². The van der Waals surface area contributed by atoms with Crippen LogP contribution in [0.2, 0.25) is 0 Å². The molecular formula is C21H27N3O4. The number of amides is 1. The normalized spacial score (nSPS) is 14.4. The number of methoxy groups -OCH3 is 2. The molecule has 0 atom stereocenters. The Kier molecular flexibility index (Phi) is 6.97. The van der Waals surface area contributed by atoms with Gasteiger partial charge in [0.15, 0.2) is 0 Å². The average molecular weight is 385 g/mol. The molecule has 0 radical (unpaired) electrons. The molecule has 1 aliphatic rings. The van der Waals surface area contributed by atoms with Gasteiger partial charge in [0.2, 0.25) is 0 Å². The monoisotopic (exact) mass is 385 g/mol. The number of benzene rings is 2. The van der Waals surface area contributed by atoms with E-state index in [1.165, 1.54) is 5.69 Å². The molecule has 1 aliphatic heterocycles. The van der Waals surface area contributed by atoms with Crippen molar-refractivity contribution in [2.24, 2.45) is 0 Å². The van der Waals surface area contributed by atoms with Gasteiger partial charge in [-0.3, -0.25) is 10.2 Å². The Bertz CT molecular complexity index is 776. The highest BCUT2D eigenvalue weighted by Crippen LogP contribution is 2.23. The summed E-state index contributed by atoms with van der Waals surface area (Å²) in [7, 11) is 3.25. The van der Waals surface area contributed by atoms with Gasteiger partial charge in [0.05, 0.1) is 19.9 Å². The number of piperazine rings is 1. The fraction of sp³-hybridized carbons (Fsp3) is 0.381. The van der Waals surface area contributed by atoms with Crippen LogP contribution in [-0.2, 0) is 4.74 Å². The third-order valence-corrected chi connectivity index (χ3v) is 4.78. The third kappa shape index (κ3) is 5.29. The standard InChI is InChI=1S/C21H27N3O4/c1-26-18-7-5-6-17(16-18)24-12-10-23(11-13-24)14-15-28-21(25)22-19-8-3-4-9-20(19)27-2/h3-9,16H,10-15H2,1-2H3,(H,22,25). The van der Waals surface area contributed by atoms with Gasteiger partial charge in [0.1, 0.15) is 18.1 Å². The number of nitrogens with one attached hydrogen (secondary N) is 1. The maximum Gasteiger partial charge on any atom is 0.411 e. The molecule has 3 rings (SSSR count). The van der Waals surface area contributed by atoms with Crippen molar-refractivity contribution in [1.29, 1.82) is 0 Å². The van der Waals surface area contributed by atoms with Crippen LogP contribution in [0.1, 0.15) is 0 Å². The largest absolute Gasteiger partial charge is 0.497 e. The smallest absolute Gasteiger partial charge is 0.411 e. The number of nitrogens with zero attached hydrogens (tertiary/aromatic N) is 2. The predicted octanol–water partition coefficient (Wildman–Crippen LogP) is 3.07. The van der Waals surface area contributed by atoms with Gasteiger partial charge in [-0.2, -0.15) is 0 Å². The number of carbonyl (C=O) groups is 1. The molecule has 0 aromatic heterocycles. The van der Waals surface area contributed by atoms with E-state index < -0.39 is 6.09 Å². The van der Waals surface area contributed by atoms with Crippen molar-refractivity contribution in [3.63, 3.8) is 0 Å². The third-order valence-electron chi connectivity index (χ3n) is 4.78. The highest BCUT2D eigenvalue weighted by molar-refractivity contribution is 5.86. The van der Waals surface area contributed by atoms with Crippen LogP contribution in [0.15, 0.2) is 48.5 Å². The predicted molar refractivity (Wildman–Crippen MR) is 110 cm³/mol. The number of hydrogen-bond donors (Lipinski definition) is 1. The maximum atomic E-state index is 12.0. The van der Waals surface area contributed by atoms with Gasteiger partial charge < -0.3 is 19.1 Å². The van der Waals surface area contributed by atoms with Crippen LogP contribution in [-0.4, -0.2) is 64.5 Å². The summed E-state index contributed by atoms with van der Waals surface area (Å²) in [5.41, 5.74) is 1.77. The minimum atomic E-state index is -0.473. The second-order valence-electron chi connectivity index (χ2n) is 6.49. The van der Waals surface area contributed by atoms with Crippen molar-refractivity contribution in [3.05, 3.63) is 48.5 Å². The van der Waals surface area contributed by atoms with E-state index >= 15 is 0 Å². The molecule has 1 N–H and O–H groups in total. The maximum absolute atomic E-state index is 12.0. The van der Waals surface area contributed by atoms with Gasteiger partial charge in [-0.1, -0.05) is 18.2 Å². The molecule has 0 saturated carbocycles. The quantitative estimate of drug-likeness (QED) is 0.790. The number of anilines is 2. The minimum absolute atomic E-state index is 0.347. The van der Waals surface area contributed by atoms with Crippen LogP contribution >= 0.6 is 0 Å². The van der Waals surface area contributed by atoms with E-state index in [1.54, 1.807) is 26.4 Å². The number of carbonyl (C=O) groups excluding carboxylic acids is 1. The highest BCUT2D eigenvalue weighted by atomic mass is 16.5. The molecule has 150 valence electrons. The Morgan fingerprint density at radius 2 is 1.79 bits per heavy atom. The molecular weight excluding hydrogens is 358 g/mol. The van der Waals surface area contributed by atoms with Crippen LogP contribution in [0.3, 0.4) is 0 Å². The summed E-state index contributed by atoms with van der Waals surface area (Å²) in [5, 5.41) is 2.71.